The first-order valence-electron chi connectivity index (χ1n) is 7.04. The van der Waals surface area contributed by atoms with E-state index in [0.717, 1.165) is 37.9 Å². The average molecular weight is 276 g/mol. The third-order valence-corrected chi connectivity index (χ3v) is 3.99. The summed E-state index contributed by atoms with van der Waals surface area (Å²) in [6, 6.07) is 0.309. The minimum Gasteiger partial charge on any atom is -0.393 e. The van der Waals surface area contributed by atoms with Gasteiger partial charge in [-0.3, -0.25) is 9.80 Å². The number of hydrogen-bond donors (Lipinski definition) is 3. The summed E-state index contributed by atoms with van der Waals surface area (Å²) in [7, 11) is 0. The van der Waals surface area contributed by atoms with Gasteiger partial charge in [-0.25, -0.2) is 10.5 Å². The molecule has 0 radical (unpaired) electrons. The first-order valence-corrected chi connectivity index (χ1v) is 7.04. The first-order chi connectivity index (χ1) is 9.63. The molecule has 0 aromatic carbocycles. The van der Waals surface area contributed by atoms with Crippen LogP contribution < -0.4 is 11.2 Å². The second-order valence-corrected chi connectivity index (χ2v) is 5.48. The summed E-state index contributed by atoms with van der Waals surface area (Å²) >= 11 is 0. The molecule has 1 aliphatic carbocycles. The Kier molecular flexibility index (Phi) is 3.50. The lowest BCUT2D eigenvalue weighted by Gasteiger charge is -2.40. The molecule has 0 spiro atoms. The van der Waals surface area contributed by atoms with Crippen molar-refractivity contribution in [3.8, 4) is 0 Å². The smallest absolute Gasteiger partial charge is 0.250 e. The van der Waals surface area contributed by atoms with E-state index in [1.165, 1.54) is 0 Å². The number of rotatable bonds is 3. The van der Waals surface area contributed by atoms with Crippen LogP contribution in [0.1, 0.15) is 25.7 Å². The van der Waals surface area contributed by atoms with Crippen molar-refractivity contribution in [3.05, 3.63) is 35.7 Å². The van der Waals surface area contributed by atoms with E-state index < -0.39 is 5.91 Å². The Balaban J connectivity index is 1.72. The molecule has 0 aromatic rings. The van der Waals surface area contributed by atoms with E-state index in [-0.39, 0.29) is 6.10 Å². The van der Waals surface area contributed by atoms with Crippen LogP contribution in [0.5, 0.6) is 0 Å². The van der Waals surface area contributed by atoms with E-state index in [0.29, 0.717) is 11.6 Å². The Morgan fingerprint density at radius 3 is 2.80 bits per heavy atom. The molecule has 0 bridgehead atoms. The SMILES string of the molecule is NC(=O)C1=CN(NC2CCC(O)CC2)N2CC=CC2=C1. The van der Waals surface area contributed by atoms with Crippen molar-refractivity contribution in [1.82, 2.24) is 15.6 Å². The summed E-state index contributed by atoms with van der Waals surface area (Å²) in [4.78, 5) is 11.4. The fourth-order valence-corrected chi connectivity index (χ4v) is 2.83. The highest BCUT2D eigenvalue weighted by molar-refractivity contribution is 5.95. The molecule has 0 unspecified atom stereocenters. The van der Waals surface area contributed by atoms with Crippen LogP contribution in [-0.4, -0.2) is 39.8 Å². The molecular formula is C14H20N4O2. The normalized spacial score (nSPS) is 29.1. The first kappa shape index (κ1) is 13.2. The lowest BCUT2D eigenvalue weighted by molar-refractivity contribution is -0.114. The molecule has 6 heteroatoms. The van der Waals surface area contributed by atoms with E-state index in [1.54, 1.807) is 12.3 Å². The van der Waals surface area contributed by atoms with Crippen LogP contribution >= 0.6 is 0 Å². The molecule has 3 aliphatic rings. The molecule has 1 fully saturated rings. The van der Waals surface area contributed by atoms with E-state index in [2.05, 4.69) is 10.4 Å². The highest BCUT2D eigenvalue weighted by Gasteiger charge is 2.27. The van der Waals surface area contributed by atoms with Crippen LogP contribution in [0.25, 0.3) is 0 Å². The Hall–Kier alpha value is -1.79. The molecule has 0 atom stereocenters. The van der Waals surface area contributed by atoms with E-state index in [9.17, 15) is 9.90 Å². The molecular weight excluding hydrogens is 256 g/mol. The number of fused-ring (bicyclic) bond motifs is 1. The Morgan fingerprint density at radius 1 is 1.35 bits per heavy atom. The van der Waals surface area contributed by atoms with E-state index in [1.807, 2.05) is 17.3 Å². The number of carbonyl (C=O) groups excluding carboxylic acids is 1. The fourth-order valence-electron chi connectivity index (χ4n) is 2.83. The van der Waals surface area contributed by atoms with Gasteiger partial charge in [0.05, 0.1) is 30.1 Å². The van der Waals surface area contributed by atoms with Crippen LogP contribution in [0.2, 0.25) is 0 Å². The predicted octanol–water partition coefficient (Wildman–Crippen LogP) is 0.150. The number of nitrogens with zero attached hydrogens (tertiary/aromatic N) is 2. The van der Waals surface area contributed by atoms with Crippen molar-refractivity contribution in [1.29, 1.82) is 0 Å². The molecule has 2 aliphatic heterocycles. The topological polar surface area (TPSA) is 81.8 Å². The molecule has 20 heavy (non-hydrogen) atoms. The molecule has 6 nitrogen and oxygen atoms in total. The maximum absolute atomic E-state index is 11.4. The highest BCUT2D eigenvalue weighted by atomic mass is 16.3. The Labute approximate surface area is 118 Å². The lowest BCUT2D eigenvalue weighted by atomic mass is 9.94. The molecule has 3 rings (SSSR count). The van der Waals surface area contributed by atoms with Crippen molar-refractivity contribution >= 4 is 5.91 Å². The molecule has 1 amide bonds. The molecule has 0 aromatic heterocycles. The number of aliphatic hydroxyl groups excluding tert-OH is 1. The van der Waals surface area contributed by atoms with Gasteiger partial charge in [0.25, 0.3) is 0 Å². The summed E-state index contributed by atoms with van der Waals surface area (Å²) in [5.74, 6) is -0.427. The fraction of sp³-hybridized carbons (Fsp3) is 0.500. The summed E-state index contributed by atoms with van der Waals surface area (Å²) in [6.07, 6.45) is 10.9. The number of amides is 1. The van der Waals surface area contributed by atoms with Crippen LogP contribution in [-0.2, 0) is 4.79 Å². The van der Waals surface area contributed by atoms with Gasteiger partial charge in [0.15, 0.2) is 0 Å². The minimum atomic E-state index is -0.427. The molecule has 108 valence electrons. The van der Waals surface area contributed by atoms with Crippen molar-refractivity contribution in [3.63, 3.8) is 0 Å². The van der Waals surface area contributed by atoms with Crippen LogP contribution in [0, 0.1) is 0 Å². The minimum absolute atomic E-state index is 0.171. The van der Waals surface area contributed by atoms with Crippen LogP contribution in [0.3, 0.4) is 0 Å². The maximum atomic E-state index is 11.4. The van der Waals surface area contributed by atoms with Crippen molar-refractivity contribution in [2.75, 3.05) is 6.54 Å². The number of hydrazine groups is 2. The molecule has 0 saturated heterocycles. The largest absolute Gasteiger partial charge is 0.393 e. The second-order valence-electron chi connectivity index (χ2n) is 5.48. The number of primary amides is 1. The zero-order valence-corrected chi connectivity index (χ0v) is 11.3. The molecule has 4 N–H and O–H groups in total. The molecule has 2 heterocycles. The van der Waals surface area contributed by atoms with Gasteiger partial charge < -0.3 is 10.8 Å². The number of nitrogens with one attached hydrogen (secondary N) is 1. The summed E-state index contributed by atoms with van der Waals surface area (Å²) in [5.41, 5.74) is 10.3. The van der Waals surface area contributed by atoms with Crippen LogP contribution in [0.15, 0.2) is 35.7 Å². The third kappa shape index (κ3) is 2.57. The van der Waals surface area contributed by atoms with E-state index >= 15 is 0 Å². The molecule has 1 saturated carbocycles. The van der Waals surface area contributed by atoms with Gasteiger partial charge in [-0.2, -0.15) is 0 Å². The highest BCUT2D eigenvalue weighted by Crippen LogP contribution is 2.25. The second kappa shape index (κ2) is 5.30. The van der Waals surface area contributed by atoms with Gasteiger partial charge in [-0.1, -0.05) is 6.08 Å². The standard InChI is InChI=1S/C14H20N4O2/c15-14(20)10-8-12-2-1-7-17(12)18(9-10)16-11-3-5-13(19)6-4-11/h1-2,8-9,11,13,16,19H,3-7H2,(H2,15,20). The van der Waals surface area contributed by atoms with Crippen molar-refractivity contribution in [2.24, 2.45) is 5.73 Å². The van der Waals surface area contributed by atoms with Gasteiger partial charge in [-0.15, -0.1) is 0 Å². The summed E-state index contributed by atoms with van der Waals surface area (Å²) < 4.78 is 0. The number of carbonyl (C=O) groups is 1. The third-order valence-electron chi connectivity index (χ3n) is 3.99. The number of aliphatic hydroxyl groups is 1. The van der Waals surface area contributed by atoms with Gasteiger partial charge >= 0.3 is 0 Å². The zero-order chi connectivity index (χ0) is 14.1. The summed E-state index contributed by atoms with van der Waals surface area (Å²) in [5, 5.41) is 13.5. The monoisotopic (exact) mass is 276 g/mol. The zero-order valence-electron chi connectivity index (χ0n) is 11.3. The van der Waals surface area contributed by atoms with Crippen LogP contribution in [0.4, 0.5) is 0 Å². The predicted molar refractivity (Wildman–Crippen MR) is 74.4 cm³/mol. The number of hydrogen-bond acceptors (Lipinski definition) is 5. The number of nitrogens with two attached hydrogens (primary N) is 1. The van der Waals surface area contributed by atoms with Crippen molar-refractivity contribution < 1.29 is 9.90 Å². The van der Waals surface area contributed by atoms with Gasteiger partial charge in [0.2, 0.25) is 5.91 Å². The van der Waals surface area contributed by atoms with Crippen molar-refractivity contribution in [2.45, 2.75) is 37.8 Å². The number of allylic oxidation sites excluding steroid dienone is 1. The Morgan fingerprint density at radius 2 is 2.10 bits per heavy atom. The van der Waals surface area contributed by atoms with Gasteiger partial charge in [0, 0.05) is 6.04 Å². The summed E-state index contributed by atoms with van der Waals surface area (Å²) in [6.45, 7) is 0.775. The lowest BCUT2D eigenvalue weighted by Crippen LogP contribution is -2.52. The quantitative estimate of drug-likeness (QED) is 0.683. The maximum Gasteiger partial charge on any atom is 0.250 e. The Bertz CT molecular complexity index is 489. The van der Waals surface area contributed by atoms with E-state index in [4.69, 9.17) is 5.73 Å². The van der Waals surface area contributed by atoms with Gasteiger partial charge in [-0.05, 0) is 37.8 Å². The van der Waals surface area contributed by atoms with Gasteiger partial charge in [0.1, 0.15) is 0 Å². The average Bonchev–Trinajstić information content (AvgIpc) is 2.89.